The molecule has 1 aromatic rings. The molecule has 0 spiro atoms. The molecule has 1 saturated carbocycles. The molecule has 1 heterocycles. The molecule has 0 unspecified atom stereocenters. The first-order valence-electron chi connectivity index (χ1n) is 7.05. The van der Waals surface area contributed by atoms with Crippen molar-refractivity contribution in [1.29, 1.82) is 0 Å². The molecule has 0 amide bonds. The van der Waals surface area contributed by atoms with Crippen LogP contribution >= 0.6 is 0 Å². The number of piperazine rings is 1. The minimum Gasteiger partial charge on any atom is -0.493 e. The summed E-state index contributed by atoms with van der Waals surface area (Å²) >= 11 is 0. The molecule has 1 N–H and O–H groups in total. The zero-order chi connectivity index (χ0) is 12.2. The molecule has 18 heavy (non-hydrogen) atoms. The first kappa shape index (κ1) is 12.0. The standard InChI is InChI=1S/C15H22N2O/c1-2-14(11-17-8-6-16-7-9-17)10-15(3-1)18-12-13-4-5-13/h1-3,10,13,16H,4-9,11-12H2. The fourth-order valence-electron chi connectivity index (χ4n) is 2.36. The van der Waals surface area contributed by atoms with Crippen LogP contribution in [-0.4, -0.2) is 37.7 Å². The maximum absolute atomic E-state index is 5.83. The molecular formula is C15H22N2O. The predicted octanol–water partition coefficient (Wildman–Crippen LogP) is 1.88. The van der Waals surface area contributed by atoms with E-state index in [-0.39, 0.29) is 0 Å². The van der Waals surface area contributed by atoms with Gasteiger partial charge in [0.05, 0.1) is 6.61 Å². The van der Waals surface area contributed by atoms with Crippen LogP contribution in [0.25, 0.3) is 0 Å². The van der Waals surface area contributed by atoms with Crippen molar-refractivity contribution >= 4 is 0 Å². The smallest absolute Gasteiger partial charge is 0.119 e. The number of rotatable bonds is 5. The van der Waals surface area contributed by atoms with Crippen LogP contribution in [-0.2, 0) is 6.54 Å². The van der Waals surface area contributed by atoms with Gasteiger partial charge in [-0.2, -0.15) is 0 Å². The van der Waals surface area contributed by atoms with Gasteiger partial charge in [0.25, 0.3) is 0 Å². The highest BCUT2D eigenvalue weighted by molar-refractivity contribution is 5.28. The van der Waals surface area contributed by atoms with Crippen LogP contribution in [0.2, 0.25) is 0 Å². The summed E-state index contributed by atoms with van der Waals surface area (Å²) in [7, 11) is 0. The number of benzene rings is 1. The first-order valence-corrected chi connectivity index (χ1v) is 7.05. The highest BCUT2D eigenvalue weighted by atomic mass is 16.5. The van der Waals surface area contributed by atoms with Gasteiger partial charge in [-0.3, -0.25) is 4.90 Å². The summed E-state index contributed by atoms with van der Waals surface area (Å²) in [5, 5.41) is 3.39. The predicted molar refractivity (Wildman–Crippen MR) is 72.8 cm³/mol. The van der Waals surface area contributed by atoms with Crippen LogP contribution in [0, 0.1) is 5.92 Å². The van der Waals surface area contributed by atoms with E-state index in [4.69, 9.17) is 4.74 Å². The average molecular weight is 246 g/mol. The largest absolute Gasteiger partial charge is 0.493 e. The van der Waals surface area contributed by atoms with E-state index < -0.39 is 0 Å². The van der Waals surface area contributed by atoms with Gasteiger partial charge in [-0.05, 0) is 36.5 Å². The molecule has 0 radical (unpaired) electrons. The van der Waals surface area contributed by atoms with Gasteiger partial charge in [0.15, 0.2) is 0 Å². The van der Waals surface area contributed by atoms with Crippen LogP contribution in [0.1, 0.15) is 18.4 Å². The van der Waals surface area contributed by atoms with Gasteiger partial charge in [-0.1, -0.05) is 12.1 Å². The maximum atomic E-state index is 5.83. The van der Waals surface area contributed by atoms with Gasteiger partial charge < -0.3 is 10.1 Å². The number of ether oxygens (including phenoxy) is 1. The summed E-state index contributed by atoms with van der Waals surface area (Å²) in [6.07, 6.45) is 2.70. The quantitative estimate of drug-likeness (QED) is 0.858. The molecule has 0 atom stereocenters. The van der Waals surface area contributed by atoms with E-state index in [9.17, 15) is 0 Å². The molecule has 3 rings (SSSR count). The molecule has 1 aromatic carbocycles. The average Bonchev–Trinajstić information content (AvgIpc) is 3.22. The van der Waals surface area contributed by atoms with E-state index in [0.29, 0.717) is 0 Å². The molecule has 2 fully saturated rings. The topological polar surface area (TPSA) is 24.5 Å². The number of hydrogen-bond donors (Lipinski definition) is 1. The van der Waals surface area contributed by atoms with E-state index in [0.717, 1.165) is 51.0 Å². The van der Waals surface area contributed by atoms with Gasteiger partial charge in [0.2, 0.25) is 0 Å². The lowest BCUT2D eigenvalue weighted by atomic mass is 10.2. The molecule has 3 heteroatoms. The fourth-order valence-corrected chi connectivity index (χ4v) is 2.36. The Morgan fingerprint density at radius 2 is 2.06 bits per heavy atom. The van der Waals surface area contributed by atoms with E-state index in [1.165, 1.54) is 18.4 Å². The Morgan fingerprint density at radius 1 is 1.22 bits per heavy atom. The molecule has 1 saturated heterocycles. The molecule has 3 nitrogen and oxygen atoms in total. The van der Waals surface area contributed by atoms with Gasteiger partial charge in [-0.15, -0.1) is 0 Å². The Labute approximate surface area is 109 Å². The SMILES string of the molecule is c1cc(CN2CCNCC2)cc(OCC2CC2)c1. The number of nitrogens with zero attached hydrogens (tertiary/aromatic N) is 1. The Kier molecular flexibility index (Phi) is 3.81. The van der Waals surface area contributed by atoms with Crippen molar-refractivity contribution < 1.29 is 4.74 Å². The third kappa shape index (κ3) is 3.47. The van der Waals surface area contributed by atoms with E-state index in [1.54, 1.807) is 0 Å². The third-order valence-corrected chi connectivity index (χ3v) is 3.70. The van der Waals surface area contributed by atoms with Crippen molar-refractivity contribution in [2.45, 2.75) is 19.4 Å². The zero-order valence-corrected chi connectivity index (χ0v) is 10.9. The summed E-state index contributed by atoms with van der Waals surface area (Å²) in [6.45, 7) is 6.45. The molecule has 98 valence electrons. The number of hydrogen-bond acceptors (Lipinski definition) is 3. The summed E-state index contributed by atoms with van der Waals surface area (Å²) < 4.78 is 5.83. The van der Waals surface area contributed by atoms with Crippen molar-refractivity contribution in [1.82, 2.24) is 10.2 Å². The Bertz CT molecular complexity index is 384. The molecular weight excluding hydrogens is 224 g/mol. The fraction of sp³-hybridized carbons (Fsp3) is 0.600. The molecule has 1 aliphatic heterocycles. The van der Waals surface area contributed by atoms with Crippen molar-refractivity contribution in [3.8, 4) is 5.75 Å². The normalized spacial score (nSPS) is 20.9. The lowest BCUT2D eigenvalue weighted by Crippen LogP contribution is -2.42. The lowest BCUT2D eigenvalue weighted by Gasteiger charge is -2.27. The van der Waals surface area contributed by atoms with Gasteiger partial charge in [-0.25, -0.2) is 0 Å². The third-order valence-electron chi connectivity index (χ3n) is 3.70. The number of nitrogens with one attached hydrogen (secondary N) is 1. The van der Waals surface area contributed by atoms with Crippen molar-refractivity contribution in [3.63, 3.8) is 0 Å². The summed E-state index contributed by atoms with van der Waals surface area (Å²) in [6, 6.07) is 8.58. The Hall–Kier alpha value is -1.06. The maximum Gasteiger partial charge on any atom is 0.119 e. The highest BCUT2D eigenvalue weighted by Crippen LogP contribution is 2.29. The van der Waals surface area contributed by atoms with Crippen LogP contribution in [0.3, 0.4) is 0 Å². The minimum absolute atomic E-state index is 0.821. The summed E-state index contributed by atoms with van der Waals surface area (Å²) in [5.41, 5.74) is 1.37. The summed E-state index contributed by atoms with van der Waals surface area (Å²) in [4.78, 5) is 2.50. The monoisotopic (exact) mass is 246 g/mol. The second kappa shape index (κ2) is 5.72. The van der Waals surface area contributed by atoms with Crippen molar-refractivity contribution in [2.24, 2.45) is 5.92 Å². The Balaban J connectivity index is 1.55. The zero-order valence-electron chi connectivity index (χ0n) is 10.9. The molecule has 1 aliphatic carbocycles. The van der Waals surface area contributed by atoms with E-state index >= 15 is 0 Å². The lowest BCUT2D eigenvalue weighted by molar-refractivity contribution is 0.232. The second-order valence-electron chi connectivity index (χ2n) is 5.43. The Morgan fingerprint density at radius 3 is 2.83 bits per heavy atom. The van der Waals surface area contributed by atoms with Crippen LogP contribution in [0.15, 0.2) is 24.3 Å². The minimum atomic E-state index is 0.821. The van der Waals surface area contributed by atoms with Gasteiger partial charge >= 0.3 is 0 Å². The van der Waals surface area contributed by atoms with E-state index in [1.807, 2.05) is 0 Å². The van der Waals surface area contributed by atoms with Crippen LogP contribution < -0.4 is 10.1 Å². The molecule has 0 bridgehead atoms. The van der Waals surface area contributed by atoms with Crippen molar-refractivity contribution in [2.75, 3.05) is 32.8 Å². The van der Waals surface area contributed by atoms with Crippen molar-refractivity contribution in [3.05, 3.63) is 29.8 Å². The van der Waals surface area contributed by atoms with E-state index in [2.05, 4.69) is 34.5 Å². The van der Waals surface area contributed by atoms with Crippen LogP contribution in [0.4, 0.5) is 0 Å². The second-order valence-corrected chi connectivity index (χ2v) is 5.43. The van der Waals surface area contributed by atoms with Gasteiger partial charge in [0, 0.05) is 32.7 Å². The van der Waals surface area contributed by atoms with Crippen LogP contribution in [0.5, 0.6) is 5.75 Å². The molecule has 2 aliphatic rings. The van der Waals surface area contributed by atoms with Gasteiger partial charge in [0.1, 0.15) is 5.75 Å². The summed E-state index contributed by atoms with van der Waals surface area (Å²) in [5.74, 6) is 1.86. The highest BCUT2D eigenvalue weighted by Gasteiger charge is 2.21. The first-order chi connectivity index (χ1) is 8.90. The molecule has 0 aromatic heterocycles.